The molecule has 0 radical (unpaired) electrons. The SMILES string of the molecule is Cc1ccc(CNC(=O)c2ccc(Br)cn2)cn1. The number of aromatic nitrogens is 2. The van der Waals surface area contributed by atoms with E-state index in [1.807, 2.05) is 19.1 Å². The molecule has 0 aliphatic rings. The molecule has 2 heterocycles. The summed E-state index contributed by atoms with van der Waals surface area (Å²) in [6.45, 7) is 2.37. The monoisotopic (exact) mass is 305 g/mol. The van der Waals surface area contributed by atoms with Crippen LogP contribution in [0.1, 0.15) is 21.7 Å². The number of amides is 1. The highest BCUT2D eigenvalue weighted by Crippen LogP contribution is 2.07. The number of nitrogens with one attached hydrogen (secondary N) is 1. The third kappa shape index (κ3) is 3.37. The number of halogens is 1. The smallest absolute Gasteiger partial charge is 0.270 e. The van der Waals surface area contributed by atoms with Crippen molar-refractivity contribution >= 4 is 21.8 Å². The third-order valence-corrected chi connectivity index (χ3v) is 2.85. The molecule has 0 saturated carbocycles. The van der Waals surface area contributed by atoms with Crippen molar-refractivity contribution in [2.24, 2.45) is 0 Å². The molecule has 18 heavy (non-hydrogen) atoms. The van der Waals surface area contributed by atoms with Gasteiger partial charge in [0, 0.05) is 29.1 Å². The number of hydrogen-bond acceptors (Lipinski definition) is 3. The molecule has 5 heteroatoms. The highest BCUT2D eigenvalue weighted by atomic mass is 79.9. The average Bonchev–Trinajstić information content (AvgIpc) is 2.38. The van der Waals surface area contributed by atoms with E-state index in [1.54, 1.807) is 24.5 Å². The Labute approximate surface area is 114 Å². The standard InChI is InChI=1S/C13H12BrN3O/c1-9-2-3-10(6-15-9)7-17-13(18)12-5-4-11(14)8-16-12/h2-6,8H,7H2,1H3,(H,17,18). The van der Waals surface area contributed by atoms with E-state index >= 15 is 0 Å². The Balaban J connectivity index is 1.96. The Hall–Kier alpha value is -1.75. The fourth-order valence-electron chi connectivity index (χ4n) is 1.39. The number of aryl methyl sites for hydroxylation is 1. The summed E-state index contributed by atoms with van der Waals surface area (Å²) in [7, 11) is 0. The van der Waals surface area contributed by atoms with Gasteiger partial charge >= 0.3 is 0 Å². The highest BCUT2D eigenvalue weighted by Gasteiger charge is 2.06. The number of carbonyl (C=O) groups excluding carboxylic acids is 1. The molecule has 0 atom stereocenters. The minimum absolute atomic E-state index is 0.192. The van der Waals surface area contributed by atoms with E-state index in [4.69, 9.17) is 0 Å². The van der Waals surface area contributed by atoms with E-state index in [1.165, 1.54) is 0 Å². The van der Waals surface area contributed by atoms with Crippen molar-refractivity contribution in [2.75, 3.05) is 0 Å². The van der Waals surface area contributed by atoms with Gasteiger partial charge in [0.2, 0.25) is 0 Å². The lowest BCUT2D eigenvalue weighted by atomic mass is 10.2. The molecule has 2 aromatic rings. The maximum atomic E-state index is 11.8. The average molecular weight is 306 g/mol. The minimum atomic E-state index is -0.192. The van der Waals surface area contributed by atoms with E-state index in [0.29, 0.717) is 12.2 Å². The van der Waals surface area contributed by atoms with Gasteiger partial charge < -0.3 is 5.32 Å². The van der Waals surface area contributed by atoms with Gasteiger partial charge in [0.05, 0.1) is 0 Å². The molecule has 0 aromatic carbocycles. The Morgan fingerprint density at radius 3 is 2.67 bits per heavy atom. The first-order valence-corrected chi connectivity index (χ1v) is 6.26. The molecule has 0 fully saturated rings. The summed E-state index contributed by atoms with van der Waals surface area (Å²) in [6, 6.07) is 7.32. The topological polar surface area (TPSA) is 54.9 Å². The van der Waals surface area contributed by atoms with E-state index < -0.39 is 0 Å². The summed E-state index contributed by atoms with van der Waals surface area (Å²) in [6.07, 6.45) is 3.35. The lowest BCUT2D eigenvalue weighted by Gasteiger charge is -2.04. The predicted octanol–water partition coefficient (Wildman–Crippen LogP) is 2.48. The Kier molecular flexibility index (Phi) is 4.04. The molecule has 2 rings (SSSR count). The maximum absolute atomic E-state index is 11.8. The zero-order valence-corrected chi connectivity index (χ0v) is 11.4. The second-order valence-corrected chi connectivity index (χ2v) is 4.77. The van der Waals surface area contributed by atoms with E-state index in [0.717, 1.165) is 15.7 Å². The van der Waals surface area contributed by atoms with Crippen molar-refractivity contribution in [3.8, 4) is 0 Å². The molecule has 0 saturated heterocycles. The van der Waals surface area contributed by atoms with E-state index in [-0.39, 0.29) is 5.91 Å². The van der Waals surface area contributed by atoms with Crippen molar-refractivity contribution in [1.29, 1.82) is 0 Å². The van der Waals surface area contributed by atoms with Crippen LogP contribution in [0.15, 0.2) is 41.1 Å². The fourth-order valence-corrected chi connectivity index (χ4v) is 1.62. The molecule has 1 N–H and O–H groups in total. The quantitative estimate of drug-likeness (QED) is 0.948. The van der Waals surface area contributed by atoms with Gasteiger partial charge in [0.15, 0.2) is 0 Å². The molecule has 0 spiro atoms. The molecule has 0 aliphatic carbocycles. The van der Waals surface area contributed by atoms with Gasteiger partial charge in [-0.1, -0.05) is 6.07 Å². The Morgan fingerprint density at radius 2 is 2.06 bits per heavy atom. The zero-order valence-electron chi connectivity index (χ0n) is 9.85. The van der Waals surface area contributed by atoms with E-state index in [2.05, 4.69) is 31.2 Å². The third-order valence-electron chi connectivity index (χ3n) is 2.39. The molecule has 0 aliphatic heterocycles. The van der Waals surface area contributed by atoms with E-state index in [9.17, 15) is 4.79 Å². The molecule has 2 aromatic heterocycles. The van der Waals surface area contributed by atoms with Gasteiger partial charge in [0.25, 0.3) is 5.91 Å². The van der Waals surface area contributed by atoms with Gasteiger partial charge in [-0.3, -0.25) is 9.78 Å². The van der Waals surface area contributed by atoms with Crippen LogP contribution < -0.4 is 5.32 Å². The van der Waals surface area contributed by atoms with Crippen LogP contribution >= 0.6 is 15.9 Å². The van der Waals surface area contributed by atoms with Crippen LogP contribution in [0.2, 0.25) is 0 Å². The fraction of sp³-hybridized carbons (Fsp3) is 0.154. The molecule has 92 valence electrons. The normalized spacial score (nSPS) is 10.1. The van der Waals surface area contributed by atoms with Crippen LogP contribution in [0.3, 0.4) is 0 Å². The number of nitrogens with zero attached hydrogens (tertiary/aromatic N) is 2. The molecular formula is C13H12BrN3O. The molecule has 4 nitrogen and oxygen atoms in total. The number of rotatable bonds is 3. The van der Waals surface area contributed by atoms with Crippen molar-refractivity contribution < 1.29 is 4.79 Å². The largest absolute Gasteiger partial charge is 0.347 e. The molecule has 0 unspecified atom stereocenters. The summed E-state index contributed by atoms with van der Waals surface area (Å²) in [4.78, 5) is 20.0. The maximum Gasteiger partial charge on any atom is 0.270 e. The van der Waals surface area contributed by atoms with Gasteiger partial charge in [-0.05, 0) is 46.6 Å². The van der Waals surface area contributed by atoms with Crippen LogP contribution in [0.5, 0.6) is 0 Å². The zero-order chi connectivity index (χ0) is 13.0. The van der Waals surface area contributed by atoms with Gasteiger partial charge in [-0.15, -0.1) is 0 Å². The lowest BCUT2D eigenvalue weighted by molar-refractivity contribution is 0.0946. The van der Waals surface area contributed by atoms with Crippen LogP contribution in [-0.2, 0) is 6.54 Å². The summed E-state index contributed by atoms with van der Waals surface area (Å²) in [5.41, 5.74) is 2.32. The first kappa shape index (κ1) is 12.7. The molecular weight excluding hydrogens is 294 g/mol. The second-order valence-electron chi connectivity index (χ2n) is 3.85. The number of pyridine rings is 2. The Morgan fingerprint density at radius 1 is 1.22 bits per heavy atom. The predicted molar refractivity (Wildman–Crippen MR) is 72.1 cm³/mol. The summed E-state index contributed by atoms with van der Waals surface area (Å²) < 4.78 is 0.849. The minimum Gasteiger partial charge on any atom is -0.347 e. The first-order valence-electron chi connectivity index (χ1n) is 5.46. The molecule has 1 amide bonds. The summed E-state index contributed by atoms with van der Waals surface area (Å²) in [5, 5.41) is 2.80. The number of hydrogen-bond donors (Lipinski definition) is 1. The van der Waals surface area contributed by atoms with Crippen LogP contribution in [-0.4, -0.2) is 15.9 Å². The Bertz CT molecular complexity index is 537. The van der Waals surface area contributed by atoms with Gasteiger partial charge in [-0.25, -0.2) is 4.98 Å². The second kappa shape index (κ2) is 5.73. The summed E-state index contributed by atoms with van der Waals surface area (Å²) in [5.74, 6) is -0.192. The van der Waals surface area contributed by atoms with Crippen molar-refractivity contribution in [3.05, 3.63) is 58.1 Å². The summed E-state index contributed by atoms with van der Waals surface area (Å²) >= 11 is 3.27. The van der Waals surface area contributed by atoms with Gasteiger partial charge in [0.1, 0.15) is 5.69 Å². The van der Waals surface area contributed by atoms with Crippen molar-refractivity contribution in [1.82, 2.24) is 15.3 Å². The number of carbonyl (C=O) groups is 1. The molecule has 0 bridgehead atoms. The van der Waals surface area contributed by atoms with Crippen molar-refractivity contribution in [2.45, 2.75) is 13.5 Å². The lowest BCUT2D eigenvalue weighted by Crippen LogP contribution is -2.23. The van der Waals surface area contributed by atoms with Crippen LogP contribution in [0.4, 0.5) is 0 Å². The van der Waals surface area contributed by atoms with Crippen LogP contribution in [0.25, 0.3) is 0 Å². The van der Waals surface area contributed by atoms with Crippen molar-refractivity contribution in [3.63, 3.8) is 0 Å². The van der Waals surface area contributed by atoms with Gasteiger partial charge in [-0.2, -0.15) is 0 Å². The highest BCUT2D eigenvalue weighted by molar-refractivity contribution is 9.10. The van der Waals surface area contributed by atoms with Crippen LogP contribution in [0, 0.1) is 6.92 Å². The first-order chi connectivity index (χ1) is 8.65.